The van der Waals surface area contributed by atoms with E-state index in [1.54, 1.807) is 6.07 Å². The Labute approximate surface area is 129 Å². The Bertz CT molecular complexity index is 651. The van der Waals surface area contributed by atoms with Gasteiger partial charge in [0.2, 0.25) is 0 Å². The number of nitrogens with one attached hydrogen (secondary N) is 1. The minimum Gasteiger partial charge on any atom is -0.396 e. The molecule has 3 rings (SSSR count). The highest BCUT2D eigenvalue weighted by Crippen LogP contribution is 2.39. The molecule has 5 heteroatoms. The minimum absolute atomic E-state index is 0.112. The summed E-state index contributed by atoms with van der Waals surface area (Å²) in [7, 11) is 0. The second-order valence-corrected chi connectivity index (χ2v) is 6.14. The van der Waals surface area contributed by atoms with Crippen molar-refractivity contribution in [1.29, 1.82) is 0 Å². The van der Waals surface area contributed by atoms with Crippen LogP contribution < -0.4 is 5.32 Å². The lowest BCUT2D eigenvalue weighted by molar-refractivity contribution is 0.0427. The van der Waals surface area contributed by atoms with Gasteiger partial charge in [-0.3, -0.25) is 4.79 Å². The van der Waals surface area contributed by atoms with E-state index >= 15 is 0 Å². The van der Waals surface area contributed by atoms with Crippen molar-refractivity contribution >= 4 is 5.91 Å². The molecule has 1 aliphatic carbocycles. The van der Waals surface area contributed by atoms with Gasteiger partial charge in [-0.25, -0.2) is 0 Å². The number of benzene rings is 1. The fourth-order valence-corrected chi connectivity index (χ4v) is 2.66. The minimum atomic E-state index is -0.262. The molecule has 1 aromatic carbocycles. The molecule has 0 aliphatic heterocycles. The Hall–Kier alpha value is -2.14. The van der Waals surface area contributed by atoms with Crippen molar-refractivity contribution in [3.05, 3.63) is 41.6 Å². The van der Waals surface area contributed by atoms with Gasteiger partial charge in [-0.15, -0.1) is 0 Å². The third kappa shape index (κ3) is 2.90. The van der Waals surface area contributed by atoms with Gasteiger partial charge in [-0.2, -0.15) is 0 Å². The molecule has 1 aliphatic rings. The number of aliphatic hydroxyl groups is 1. The van der Waals surface area contributed by atoms with Crippen molar-refractivity contribution in [3.8, 4) is 11.3 Å². The zero-order chi connectivity index (χ0) is 15.6. The Morgan fingerprint density at radius 2 is 2.09 bits per heavy atom. The Morgan fingerprint density at radius 1 is 1.36 bits per heavy atom. The zero-order valence-corrected chi connectivity index (χ0v) is 12.6. The number of aryl methyl sites for hydroxylation is 1. The highest BCUT2D eigenvalue weighted by molar-refractivity contribution is 5.93. The van der Waals surface area contributed by atoms with Crippen molar-refractivity contribution in [2.24, 2.45) is 5.41 Å². The van der Waals surface area contributed by atoms with Crippen LogP contribution in [0.4, 0.5) is 0 Å². The summed E-state index contributed by atoms with van der Waals surface area (Å²) in [6.07, 6.45) is 3.02. The van der Waals surface area contributed by atoms with Gasteiger partial charge < -0.3 is 14.9 Å². The van der Waals surface area contributed by atoms with Gasteiger partial charge in [0.15, 0.2) is 11.5 Å². The molecule has 0 spiro atoms. The standard InChI is InChI=1S/C17H20N2O3/c1-12-3-5-13(6-4-12)15-9-14(19-22-15)16(21)18-10-17(11-20)7-2-8-17/h3-6,9,20H,2,7-8,10-11H2,1H3,(H,18,21). The predicted octanol–water partition coefficient (Wildman–Crippen LogP) is 2.54. The van der Waals surface area contributed by atoms with E-state index in [4.69, 9.17) is 4.52 Å². The van der Waals surface area contributed by atoms with Crippen LogP contribution in [0.3, 0.4) is 0 Å². The molecule has 1 amide bonds. The second kappa shape index (κ2) is 5.93. The fraction of sp³-hybridized carbons (Fsp3) is 0.412. The van der Waals surface area contributed by atoms with Crippen LogP contribution in [-0.2, 0) is 0 Å². The summed E-state index contributed by atoms with van der Waals surface area (Å²) in [6, 6.07) is 9.49. The topological polar surface area (TPSA) is 75.4 Å². The monoisotopic (exact) mass is 300 g/mol. The number of rotatable bonds is 5. The predicted molar refractivity (Wildman–Crippen MR) is 82.4 cm³/mol. The summed E-state index contributed by atoms with van der Waals surface area (Å²) in [5.74, 6) is 0.313. The van der Waals surface area contributed by atoms with Crippen molar-refractivity contribution < 1.29 is 14.4 Å². The number of aliphatic hydroxyl groups excluding tert-OH is 1. The number of hydrogen-bond donors (Lipinski definition) is 2. The van der Waals surface area contributed by atoms with Gasteiger partial charge >= 0.3 is 0 Å². The SMILES string of the molecule is Cc1ccc(-c2cc(C(=O)NCC3(CO)CCC3)no2)cc1. The van der Waals surface area contributed by atoms with Gasteiger partial charge in [0.25, 0.3) is 5.91 Å². The molecule has 1 fully saturated rings. The van der Waals surface area contributed by atoms with E-state index in [1.165, 1.54) is 0 Å². The molecule has 0 atom stereocenters. The lowest BCUT2D eigenvalue weighted by Crippen LogP contribution is -2.44. The third-order valence-corrected chi connectivity index (χ3v) is 4.45. The molecule has 1 heterocycles. The maximum atomic E-state index is 12.1. The number of amides is 1. The first-order chi connectivity index (χ1) is 10.6. The van der Waals surface area contributed by atoms with Gasteiger partial charge in [-0.05, 0) is 19.8 Å². The largest absolute Gasteiger partial charge is 0.396 e. The smallest absolute Gasteiger partial charge is 0.273 e. The molecule has 1 aromatic heterocycles. The van der Waals surface area contributed by atoms with E-state index in [0.29, 0.717) is 12.3 Å². The molecule has 5 nitrogen and oxygen atoms in total. The van der Waals surface area contributed by atoms with Gasteiger partial charge in [-0.1, -0.05) is 41.4 Å². The lowest BCUT2D eigenvalue weighted by Gasteiger charge is -2.40. The van der Waals surface area contributed by atoms with Crippen LogP contribution in [0.1, 0.15) is 35.3 Å². The van der Waals surface area contributed by atoms with Crippen molar-refractivity contribution in [1.82, 2.24) is 10.5 Å². The average Bonchev–Trinajstić information content (AvgIpc) is 2.97. The molecule has 22 heavy (non-hydrogen) atoms. The van der Waals surface area contributed by atoms with Gasteiger partial charge in [0.1, 0.15) is 0 Å². The molecule has 2 N–H and O–H groups in total. The number of carbonyl (C=O) groups excluding carboxylic acids is 1. The molecule has 0 bridgehead atoms. The van der Waals surface area contributed by atoms with Crippen LogP contribution in [0.5, 0.6) is 0 Å². The van der Waals surface area contributed by atoms with Gasteiger partial charge in [0, 0.05) is 23.6 Å². The van der Waals surface area contributed by atoms with E-state index < -0.39 is 0 Å². The summed E-state index contributed by atoms with van der Waals surface area (Å²) in [5.41, 5.74) is 2.18. The molecule has 0 radical (unpaired) electrons. The summed E-state index contributed by atoms with van der Waals surface area (Å²) in [6.45, 7) is 2.61. The fourth-order valence-electron chi connectivity index (χ4n) is 2.66. The van der Waals surface area contributed by atoms with Crippen LogP contribution >= 0.6 is 0 Å². The van der Waals surface area contributed by atoms with E-state index in [1.807, 2.05) is 31.2 Å². The van der Waals surface area contributed by atoms with Crippen molar-refractivity contribution in [2.75, 3.05) is 13.2 Å². The summed E-state index contributed by atoms with van der Waals surface area (Å²) < 4.78 is 5.25. The highest BCUT2D eigenvalue weighted by Gasteiger charge is 2.36. The zero-order valence-electron chi connectivity index (χ0n) is 12.6. The molecule has 116 valence electrons. The van der Waals surface area contributed by atoms with Gasteiger partial charge in [0.05, 0.1) is 6.61 Å². The van der Waals surface area contributed by atoms with E-state index in [9.17, 15) is 9.90 Å². The van der Waals surface area contributed by atoms with Crippen LogP contribution in [0.15, 0.2) is 34.9 Å². The Morgan fingerprint density at radius 3 is 2.68 bits per heavy atom. The van der Waals surface area contributed by atoms with Crippen molar-refractivity contribution in [3.63, 3.8) is 0 Å². The number of nitrogens with zero attached hydrogens (tertiary/aromatic N) is 1. The molecular formula is C17H20N2O3. The number of hydrogen-bond acceptors (Lipinski definition) is 4. The van der Waals surface area contributed by atoms with Crippen LogP contribution in [0, 0.1) is 12.3 Å². The first kappa shape index (κ1) is 14.8. The Kier molecular flexibility index (Phi) is 3.98. The van der Waals surface area contributed by atoms with Crippen LogP contribution in [0.25, 0.3) is 11.3 Å². The summed E-state index contributed by atoms with van der Waals surface area (Å²) in [5, 5.41) is 16.1. The number of aromatic nitrogens is 1. The third-order valence-electron chi connectivity index (χ3n) is 4.45. The lowest BCUT2D eigenvalue weighted by atomic mass is 9.69. The summed E-state index contributed by atoms with van der Waals surface area (Å²) in [4.78, 5) is 12.1. The first-order valence-corrected chi connectivity index (χ1v) is 7.55. The number of carbonyl (C=O) groups is 1. The normalized spacial score (nSPS) is 16.1. The molecule has 1 saturated carbocycles. The quantitative estimate of drug-likeness (QED) is 0.890. The van der Waals surface area contributed by atoms with Crippen LogP contribution in [-0.4, -0.2) is 29.3 Å². The highest BCUT2D eigenvalue weighted by atomic mass is 16.5. The Balaban J connectivity index is 1.65. The molecule has 0 saturated heterocycles. The molecule has 0 unspecified atom stereocenters. The maximum Gasteiger partial charge on any atom is 0.273 e. The van der Waals surface area contributed by atoms with E-state index in [2.05, 4.69) is 10.5 Å². The molecule has 2 aromatic rings. The second-order valence-electron chi connectivity index (χ2n) is 6.14. The van der Waals surface area contributed by atoms with Crippen LogP contribution in [0.2, 0.25) is 0 Å². The van der Waals surface area contributed by atoms with E-state index in [-0.39, 0.29) is 23.6 Å². The average molecular weight is 300 g/mol. The maximum absolute atomic E-state index is 12.1. The first-order valence-electron chi connectivity index (χ1n) is 7.55. The van der Waals surface area contributed by atoms with E-state index in [0.717, 1.165) is 30.4 Å². The molecular weight excluding hydrogens is 280 g/mol. The van der Waals surface area contributed by atoms with Crippen molar-refractivity contribution in [2.45, 2.75) is 26.2 Å². The summed E-state index contributed by atoms with van der Waals surface area (Å²) >= 11 is 0.